The van der Waals surface area contributed by atoms with Crippen molar-refractivity contribution in [3.8, 4) is 10.6 Å². The molecular formula is C15H10FNO2S. The van der Waals surface area contributed by atoms with Gasteiger partial charge in [-0.3, -0.25) is 0 Å². The summed E-state index contributed by atoms with van der Waals surface area (Å²) < 4.78 is 14.8. The molecule has 0 bridgehead atoms. The first-order valence-electron chi connectivity index (χ1n) is 5.95. The third-order valence-electron chi connectivity index (χ3n) is 3.06. The Labute approximate surface area is 118 Å². The number of benzene rings is 2. The summed E-state index contributed by atoms with van der Waals surface area (Å²) in [5.41, 5.74) is 1.89. The lowest BCUT2D eigenvalue weighted by Gasteiger charge is -2.00. The zero-order valence-electron chi connectivity index (χ0n) is 10.6. The second kappa shape index (κ2) is 4.68. The predicted octanol–water partition coefficient (Wildman–Crippen LogP) is 4.11. The zero-order chi connectivity index (χ0) is 14.3. The third kappa shape index (κ3) is 2.06. The molecule has 3 nitrogen and oxygen atoms in total. The van der Waals surface area contributed by atoms with E-state index < -0.39 is 5.97 Å². The van der Waals surface area contributed by atoms with Crippen molar-refractivity contribution in [2.75, 3.05) is 0 Å². The Kier molecular flexibility index (Phi) is 2.99. The van der Waals surface area contributed by atoms with Gasteiger partial charge in [-0.1, -0.05) is 12.1 Å². The van der Waals surface area contributed by atoms with Gasteiger partial charge in [-0.05, 0) is 36.8 Å². The molecule has 0 spiro atoms. The first-order valence-corrected chi connectivity index (χ1v) is 6.77. The van der Waals surface area contributed by atoms with Gasteiger partial charge < -0.3 is 5.11 Å². The molecule has 0 aliphatic carbocycles. The summed E-state index contributed by atoms with van der Waals surface area (Å²) in [6, 6.07) is 9.87. The molecule has 0 amide bonds. The molecule has 20 heavy (non-hydrogen) atoms. The van der Waals surface area contributed by atoms with Crippen LogP contribution in [-0.2, 0) is 0 Å². The van der Waals surface area contributed by atoms with Crippen molar-refractivity contribution in [2.24, 2.45) is 0 Å². The van der Waals surface area contributed by atoms with Gasteiger partial charge in [0.2, 0.25) is 0 Å². The zero-order valence-corrected chi connectivity index (χ0v) is 11.4. The van der Waals surface area contributed by atoms with Crippen molar-refractivity contribution in [2.45, 2.75) is 6.92 Å². The molecule has 0 aliphatic rings. The van der Waals surface area contributed by atoms with E-state index in [2.05, 4.69) is 4.98 Å². The smallest absolute Gasteiger partial charge is 0.335 e. The van der Waals surface area contributed by atoms with Gasteiger partial charge in [-0.25, -0.2) is 14.2 Å². The maximum atomic E-state index is 14.1. The second-order valence-corrected chi connectivity index (χ2v) is 5.47. The van der Waals surface area contributed by atoms with E-state index in [1.807, 2.05) is 0 Å². The van der Waals surface area contributed by atoms with E-state index in [9.17, 15) is 9.18 Å². The Balaban J connectivity index is 2.18. The van der Waals surface area contributed by atoms with Crippen LogP contribution in [0.15, 0.2) is 36.4 Å². The molecule has 0 saturated carbocycles. The summed E-state index contributed by atoms with van der Waals surface area (Å²) in [5, 5.41) is 9.53. The Morgan fingerprint density at radius 1 is 1.30 bits per heavy atom. The molecule has 5 heteroatoms. The van der Waals surface area contributed by atoms with E-state index in [1.54, 1.807) is 37.3 Å². The van der Waals surface area contributed by atoms with Gasteiger partial charge in [-0.2, -0.15) is 0 Å². The van der Waals surface area contributed by atoms with Crippen molar-refractivity contribution >= 4 is 27.5 Å². The van der Waals surface area contributed by atoms with Crippen LogP contribution >= 0.6 is 11.3 Å². The minimum absolute atomic E-state index is 0.206. The normalized spacial score (nSPS) is 10.9. The molecule has 1 aromatic heterocycles. The summed E-state index contributed by atoms with van der Waals surface area (Å²) in [4.78, 5) is 15.3. The summed E-state index contributed by atoms with van der Waals surface area (Å²) in [6.07, 6.45) is 0. The van der Waals surface area contributed by atoms with Crippen LogP contribution in [0, 0.1) is 12.7 Å². The molecule has 0 unspecified atom stereocenters. The molecule has 0 atom stereocenters. The van der Waals surface area contributed by atoms with Crippen LogP contribution in [0.4, 0.5) is 4.39 Å². The number of rotatable bonds is 2. The first-order chi connectivity index (χ1) is 9.56. The van der Waals surface area contributed by atoms with Gasteiger partial charge in [0.05, 0.1) is 15.8 Å². The summed E-state index contributed by atoms with van der Waals surface area (Å²) in [6.45, 7) is 1.70. The lowest BCUT2D eigenvalue weighted by atomic mass is 10.1. The Morgan fingerprint density at radius 2 is 2.10 bits per heavy atom. The average Bonchev–Trinajstić information content (AvgIpc) is 2.84. The van der Waals surface area contributed by atoms with Gasteiger partial charge in [0.25, 0.3) is 0 Å². The Bertz CT molecular complexity index is 826. The Morgan fingerprint density at radius 3 is 2.85 bits per heavy atom. The molecule has 0 saturated heterocycles. The number of aromatic nitrogens is 1. The highest BCUT2D eigenvalue weighted by atomic mass is 32.1. The van der Waals surface area contributed by atoms with E-state index in [-0.39, 0.29) is 11.4 Å². The number of hydrogen-bond acceptors (Lipinski definition) is 3. The van der Waals surface area contributed by atoms with E-state index in [0.29, 0.717) is 21.7 Å². The molecule has 0 radical (unpaired) electrons. The van der Waals surface area contributed by atoms with Gasteiger partial charge in [0.1, 0.15) is 10.8 Å². The van der Waals surface area contributed by atoms with E-state index in [4.69, 9.17) is 5.11 Å². The van der Waals surface area contributed by atoms with Crippen LogP contribution in [0.5, 0.6) is 0 Å². The maximum absolute atomic E-state index is 14.1. The monoisotopic (exact) mass is 287 g/mol. The number of carboxylic acid groups (broad SMARTS) is 1. The number of aryl methyl sites for hydroxylation is 1. The number of hydrogen-bond donors (Lipinski definition) is 1. The predicted molar refractivity (Wildman–Crippen MR) is 76.7 cm³/mol. The molecule has 1 N–H and O–H groups in total. The topological polar surface area (TPSA) is 50.2 Å². The fraction of sp³-hybridized carbons (Fsp3) is 0.0667. The van der Waals surface area contributed by atoms with Crippen LogP contribution in [0.1, 0.15) is 15.9 Å². The minimum Gasteiger partial charge on any atom is -0.478 e. The number of fused-ring (bicyclic) bond motifs is 1. The molecule has 3 rings (SSSR count). The second-order valence-electron chi connectivity index (χ2n) is 4.44. The summed E-state index contributed by atoms with van der Waals surface area (Å²) in [5.74, 6) is -1.27. The third-order valence-corrected chi connectivity index (χ3v) is 4.11. The molecule has 0 fully saturated rings. The minimum atomic E-state index is -0.983. The standard InChI is InChI=1S/C15H10FNO2S/c1-8-3-2-4-10(13(8)16)14-17-11-6-5-9(15(18)19)7-12(11)20-14/h2-7H,1H3,(H,18,19). The van der Waals surface area contributed by atoms with Crippen LogP contribution in [0.2, 0.25) is 0 Å². The fourth-order valence-electron chi connectivity index (χ4n) is 1.99. The van der Waals surface area contributed by atoms with E-state index >= 15 is 0 Å². The van der Waals surface area contributed by atoms with E-state index in [1.165, 1.54) is 17.4 Å². The van der Waals surface area contributed by atoms with Crippen LogP contribution in [0.25, 0.3) is 20.8 Å². The molecule has 2 aromatic carbocycles. The quantitative estimate of drug-likeness (QED) is 0.771. The number of halogens is 1. The average molecular weight is 287 g/mol. The number of carboxylic acids is 1. The maximum Gasteiger partial charge on any atom is 0.335 e. The highest BCUT2D eigenvalue weighted by Gasteiger charge is 2.13. The number of thiazole rings is 1. The molecule has 100 valence electrons. The highest BCUT2D eigenvalue weighted by Crippen LogP contribution is 2.32. The van der Waals surface area contributed by atoms with Gasteiger partial charge in [-0.15, -0.1) is 11.3 Å². The van der Waals surface area contributed by atoms with Crippen molar-refractivity contribution in [1.29, 1.82) is 0 Å². The summed E-state index contributed by atoms with van der Waals surface area (Å²) in [7, 11) is 0. The van der Waals surface area contributed by atoms with E-state index in [0.717, 1.165) is 4.70 Å². The van der Waals surface area contributed by atoms with Crippen LogP contribution < -0.4 is 0 Å². The number of carbonyl (C=O) groups is 1. The SMILES string of the molecule is Cc1cccc(-c2nc3ccc(C(=O)O)cc3s2)c1F. The van der Waals surface area contributed by atoms with Crippen LogP contribution in [-0.4, -0.2) is 16.1 Å². The lowest BCUT2D eigenvalue weighted by Crippen LogP contribution is -1.94. The molecular weight excluding hydrogens is 277 g/mol. The highest BCUT2D eigenvalue weighted by molar-refractivity contribution is 7.21. The Hall–Kier alpha value is -2.27. The number of aromatic carboxylic acids is 1. The number of nitrogens with zero attached hydrogens (tertiary/aromatic N) is 1. The van der Waals surface area contributed by atoms with Gasteiger partial charge in [0, 0.05) is 5.56 Å². The van der Waals surface area contributed by atoms with Crippen molar-refractivity contribution in [3.63, 3.8) is 0 Å². The molecule has 0 aliphatic heterocycles. The van der Waals surface area contributed by atoms with Crippen molar-refractivity contribution in [1.82, 2.24) is 4.98 Å². The largest absolute Gasteiger partial charge is 0.478 e. The van der Waals surface area contributed by atoms with Gasteiger partial charge in [0.15, 0.2) is 0 Å². The molecule has 3 aromatic rings. The fourth-order valence-corrected chi connectivity index (χ4v) is 3.01. The van der Waals surface area contributed by atoms with Crippen LogP contribution in [0.3, 0.4) is 0 Å². The van der Waals surface area contributed by atoms with Crippen molar-refractivity contribution < 1.29 is 14.3 Å². The first kappa shape index (κ1) is 12.7. The summed E-state index contributed by atoms with van der Waals surface area (Å²) >= 11 is 1.29. The molecule has 1 heterocycles. The van der Waals surface area contributed by atoms with Crippen molar-refractivity contribution in [3.05, 3.63) is 53.3 Å². The lowest BCUT2D eigenvalue weighted by molar-refractivity contribution is 0.0697. The van der Waals surface area contributed by atoms with Gasteiger partial charge >= 0.3 is 5.97 Å².